The first-order chi connectivity index (χ1) is 7.31. The van der Waals surface area contributed by atoms with Gasteiger partial charge in [-0.25, -0.2) is 0 Å². The highest BCUT2D eigenvalue weighted by Gasteiger charge is 2.25. The Balaban J connectivity index is 4.88. The van der Waals surface area contributed by atoms with Crippen LogP contribution in [0, 0.1) is 5.41 Å². The van der Waals surface area contributed by atoms with Crippen LogP contribution in [0.4, 0.5) is 0 Å². The lowest BCUT2D eigenvalue weighted by molar-refractivity contribution is -0.115. The fraction of sp³-hybridized carbons (Fsp3) is 0.571. The van der Waals surface area contributed by atoms with Gasteiger partial charge in [-0.15, -0.1) is 0 Å². The second-order valence-corrected chi connectivity index (χ2v) is 4.92. The van der Waals surface area contributed by atoms with Crippen molar-refractivity contribution in [3.63, 3.8) is 0 Å². The van der Waals surface area contributed by atoms with Gasteiger partial charge in [-0.2, -0.15) is 0 Å². The average molecular weight is 222 g/mol. The highest BCUT2D eigenvalue weighted by Crippen LogP contribution is 2.32. The molecule has 0 heterocycles. The van der Waals surface area contributed by atoms with Crippen LogP contribution in [0.25, 0.3) is 0 Å². The first kappa shape index (κ1) is 14.8. The van der Waals surface area contributed by atoms with Gasteiger partial charge in [-0.05, 0) is 37.7 Å². The number of aldehydes is 1. The van der Waals surface area contributed by atoms with E-state index in [1.807, 2.05) is 26.8 Å². The zero-order valence-electron chi connectivity index (χ0n) is 10.8. The molecule has 0 spiro atoms. The molecule has 0 aliphatic carbocycles. The fourth-order valence-electron chi connectivity index (χ4n) is 1.73. The van der Waals surface area contributed by atoms with E-state index in [1.165, 1.54) is 0 Å². The molecule has 0 rings (SSSR count). The second-order valence-electron chi connectivity index (χ2n) is 4.92. The number of carbonyl (C=O) groups excluding carboxylic acids is 2. The number of hydrogen-bond acceptors (Lipinski definition) is 2. The maximum absolute atomic E-state index is 11.6. The van der Waals surface area contributed by atoms with Crippen LogP contribution >= 0.6 is 0 Å². The Kier molecular flexibility index (Phi) is 5.94. The number of allylic oxidation sites excluding steroid dienone is 3. The van der Waals surface area contributed by atoms with Gasteiger partial charge in [0.2, 0.25) is 0 Å². The van der Waals surface area contributed by atoms with Crippen molar-refractivity contribution < 1.29 is 9.59 Å². The lowest BCUT2D eigenvalue weighted by atomic mass is 9.78. The summed E-state index contributed by atoms with van der Waals surface area (Å²) >= 11 is 0. The van der Waals surface area contributed by atoms with E-state index in [4.69, 9.17) is 0 Å². The van der Waals surface area contributed by atoms with Crippen LogP contribution in [0.1, 0.15) is 47.0 Å². The SMILES string of the molecule is C=C(C)C/C=C(\C(C)=O)C(C)(C)CCC=O. The molecule has 2 nitrogen and oxygen atoms in total. The van der Waals surface area contributed by atoms with E-state index in [0.717, 1.165) is 23.9 Å². The Hall–Kier alpha value is -1.18. The van der Waals surface area contributed by atoms with Gasteiger partial charge in [0.15, 0.2) is 5.78 Å². The molecule has 0 aliphatic heterocycles. The summed E-state index contributed by atoms with van der Waals surface area (Å²) in [4.78, 5) is 22.0. The Morgan fingerprint density at radius 2 is 1.88 bits per heavy atom. The van der Waals surface area contributed by atoms with E-state index in [0.29, 0.717) is 12.8 Å². The fourth-order valence-corrected chi connectivity index (χ4v) is 1.73. The molecule has 0 aromatic heterocycles. The van der Waals surface area contributed by atoms with E-state index in [2.05, 4.69) is 6.58 Å². The summed E-state index contributed by atoms with van der Waals surface area (Å²) in [5, 5.41) is 0. The van der Waals surface area contributed by atoms with Crippen molar-refractivity contribution in [3.05, 3.63) is 23.8 Å². The van der Waals surface area contributed by atoms with E-state index in [9.17, 15) is 9.59 Å². The van der Waals surface area contributed by atoms with E-state index < -0.39 is 0 Å². The lowest BCUT2D eigenvalue weighted by Gasteiger charge is -2.26. The molecule has 0 saturated carbocycles. The van der Waals surface area contributed by atoms with Crippen LogP contribution in [0.3, 0.4) is 0 Å². The molecule has 0 aromatic rings. The Bertz CT molecular complexity index is 309. The first-order valence-electron chi connectivity index (χ1n) is 5.61. The zero-order valence-corrected chi connectivity index (χ0v) is 10.8. The summed E-state index contributed by atoms with van der Waals surface area (Å²) in [5.74, 6) is 0.0807. The van der Waals surface area contributed by atoms with Crippen LogP contribution in [-0.2, 0) is 9.59 Å². The molecule has 0 bridgehead atoms. The molecule has 0 radical (unpaired) electrons. The minimum atomic E-state index is -0.234. The van der Waals surface area contributed by atoms with Crippen molar-refractivity contribution in [2.45, 2.75) is 47.0 Å². The number of carbonyl (C=O) groups is 2. The Labute approximate surface area is 98.4 Å². The van der Waals surface area contributed by atoms with E-state index >= 15 is 0 Å². The number of rotatable bonds is 7. The van der Waals surface area contributed by atoms with Gasteiger partial charge in [0.1, 0.15) is 6.29 Å². The summed E-state index contributed by atoms with van der Waals surface area (Å²) in [6.07, 6.45) is 4.76. The first-order valence-corrected chi connectivity index (χ1v) is 5.61. The van der Waals surface area contributed by atoms with Crippen LogP contribution < -0.4 is 0 Å². The molecule has 0 unspecified atom stereocenters. The topological polar surface area (TPSA) is 34.1 Å². The Morgan fingerprint density at radius 1 is 1.31 bits per heavy atom. The van der Waals surface area contributed by atoms with Gasteiger partial charge >= 0.3 is 0 Å². The third kappa shape index (κ3) is 5.06. The normalized spacial score (nSPS) is 12.4. The smallest absolute Gasteiger partial charge is 0.156 e. The second kappa shape index (κ2) is 6.41. The highest BCUT2D eigenvalue weighted by atomic mass is 16.1. The molecule has 0 saturated heterocycles. The van der Waals surface area contributed by atoms with Crippen molar-refractivity contribution in [2.24, 2.45) is 5.41 Å². The minimum Gasteiger partial charge on any atom is -0.303 e. The van der Waals surface area contributed by atoms with Gasteiger partial charge in [-0.1, -0.05) is 32.1 Å². The van der Waals surface area contributed by atoms with Gasteiger partial charge in [0.25, 0.3) is 0 Å². The predicted molar refractivity (Wildman–Crippen MR) is 67.3 cm³/mol. The largest absolute Gasteiger partial charge is 0.303 e. The molecule has 0 aromatic carbocycles. The monoisotopic (exact) mass is 222 g/mol. The molecule has 0 N–H and O–H groups in total. The number of Topliss-reactive ketones (excluding diaryl/α,β-unsaturated/α-hetero) is 1. The van der Waals surface area contributed by atoms with Crippen LogP contribution in [0.15, 0.2) is 23.8 Å². The van der Waals surface area contributed by atoms with Crippen molar-refractivity contribution in [1.29, 1.82) is 0 Å². The molecule has 0 amide bonds. The third-order valence-corrected chi connectivity index (χ3v) is 2.65. The lowest BCUT2D eigenvalue weighted by Crippen LogP contribution is -2.20. The number of hydrogen-bond donors (Lipinski definition) is 0. The molecule has 90 valence electrons. The van der Waals surface area contributed by atoms with Crippen molar-refractivity contribution in [2.75, 3.05) is 0 Å². The van der Waals surface area contributed by atoms with Gasteiger partial charge < -0.3 is 4.79 Å². The molecule has 16 heavy (non-hydrogen) atoms. The van der Waals surface area contributed by atoms with Crippen molar-refractivity contribution in [1.82, 2.24) is 0 Å². The summed E-state index contributed by atoms with van der Waals surface area (Å²) in [7, 11) is 0. The highest BCUT2D eigenvalue weighted by molar-refractivity contribution is 5.94. The van der Waals surface area contributed by atoms with Crippen LogP contribution in [0.5, 0.6) is 0 Å². The van der Waals surface area contributed by atoms with Gasteiger partial charge in [-0.3, -0.25) is 4.79 Å². The summed E-state index contributed by atoms with van der Waals surface area (Å²) in [6, 6.07) is 0. The predicted octanol–water partition coefficient (Wildman–Crippen LogP) is 3.47. The summed E-state index contributed by atoms with van der Waals surface area (Å²) in [6.45, 7) is 11.3. The maximum Gasteiger partial charge on any atom is 0.156 e. The van der Waals surface area contributed by atoms with Crippen LogP contribution in [-0.4, -0.2) is 12.1 Å². The van der Waals surface area contributed by atoms with Crippen molar-refractivity contribution in [3.8, 4) is 0 Å². The number of ketones is 1. The average Bonchev–Trinajstić information content (AvgIpc) is 2.13. The van der Waals surface area contributed by atoms with Gasteiger partial charge in [0, 0.05) is 6.42 Å². The molecule has 0 aliphatic rings. The molecular formula is C14H22O2. The molecule has 0 atom stereocenters. The maximum atomic E-state index is 11.6. The van der Waals surface area contributed by atoms with E-state index in [1.54, 1.807) is 6.92 Å². The quantitative estimate of drug-likeness (QED) is 0.375. The summed E-state index contributed by atoms with van der Waals surface area (Å²) in [5.41, 5.74) is 1.60. The summed E-state index contributed by atoms with van der Waals surface area (Å²) < 4.78 is 0. The molecule has 2 heteroatoms. The zero-order chi connectivity index (χ0) is 12.8. The minimum absolute atomic E-state index is 0.0807. The standard InChI is InChI=1S/C14H22O2/c1-11(2)7-8-13(12(3)16)14(4,5)9-6-10-15/h8,10H,1,6-7,9H2,2-5H3/b13-8+. The Morgan fingerprint density at radius 3 is 2.25 bits per heavy atom. The third-order valence-electron chi connectivity index (χ3n) is 2.65. The molecule has 0 fully saturated rings. The van der Waals surface area contributed by atoms with Crippen molar-refractivity contribution >= 4 is 12.1 Å². The van der Waals surface area contributed by atoms with E-state index in [-0.39, 0.29) is 11.2 Å². The van der Waals surface area contributed by atoms with Crippen LogP contribution in [0.2, 0.25) is 0 Å². The van der Waals surface area contributed by atoms with Gasteiger partial charge in [0.05, 0.1) is 0 Å². The molecular weight excluding hydrogens is 200 g/mol.